The van der Waals surface area contributed by atoms with Crippen molar-refractivity contribution in [1.82, 2.24) is 14.3 Å². The van der Waals surface area contributed by atoms with E-state index in [1.54, 1.807) is 25.3 Å². The molecule has 3 aromatic rings. The van der Waals surface area contributed by atoms with Crippen LogP contribution in [0.1, 0.15) is 34.6 Å². The van der Waals surface area contributed by atoms with Gasteiger partial charge in [-0.15, -0.1) is 0 Å². The summed E-state index contributed by atoms with van der Waals surface area (Å²) >= 11 is 1.19. The maximum Gasteiger partial charge on any atom is 0.298 e. The molecule has 0 saturated carbocycles. The molecule has 2 fully saturated rings. The molecule has 2 aromatic carbocycles. The van der Waals surface area contributed by atoms with Crippen molar-refractivity contribution in [2.45, 2.75) is 25.0 Å². The Kier molecular flexibility index (Phi) is 6.26. The van der Waals surface area contributed by atoms with E-state index in [-0.39, 0.29) is 5.91 Å². The van der Waals surface area contributed by atoms with Crippen LogP contribution in [0.4, 0.5) is 0 Å². The molecular weight excluding hydrogens is 442 g/mol. The normalized spacial score (nSPS) is 17.3. The first-order valence-electron chi connectivity index (χ1n) is 10.9. The lowest BCUT2D eigenvalue weighted by molar-refractivity contribution is -0.181. The number of piperidine rings is 1. The number of aromatic nitrogens is 2. The number of hydrogen-bond donors (Lipinski definition) is 0. The second kappa shape index (κ2) is 9.46. The molecule has 0 radical (unpaired) electrons. The molecule has 3 heterocycles. The molecule has 1 spiro atoms. The molecule has 1 aromatic heterocycles. The zero-order valence-corrected chi connectivity index (χ0v) is 19.2. The Balaban J connectivity index is 1.24. The highest BCUT2D eigenvalue weighted by molar-refractivity contribution is 7.07. The fraction of sp³-hybridized carbons (Fsp3) is 0.375. The van der Waals surface area contributed by atoms with Crippen LogP contribution in [0, 0.1) is 0 Å². The summed E-state index contributed by atoms with van der Waals surface area (Å²) in [7, 11) is 1.55. The number of ether oxygens (including phenoxy) is 4. The quantitative estimate of drug-likeness (QED) is 0.544. The smallest absolute Gasteiger partial charge is 0.298 e. The number of benzene rings is 2. The van der Waals surface area contributed by atoms with Crippen LogP contribution in [0.25, 0.3) is 0 Å². The van der Waals surface area contributed by atoms with Gasteiger partial charge in [0.05, 0.1) is 20.3 Å². The Hall–Kier alpha value is -3.01. The lowest BCUT2D eigenvalue weighted by atomic mass is 10.0. The van der Waals surface area contributed by atoms with Crippen molar-refractivity contribution < 1.29 is 23.7 Å². The van der Waals surface area contributed by atoms with Crippen molar-refractivity contribution in [3.05, 3.63) is 65.5 Å². The highest BCUT2D eigenvalue weighted by atomic mass is 32.1. The van der Waals surface area contributed by atoms with E-state index in [0.717, 1.165) is 5.56 Å². The summed E-state index contributed by atoms with van der Waals surface area (Å²) in [4.78, 5) is 19.3. The first-order valence-corrected chi connectivity index (χ1v) is 11.7. The van der Waals surface area contributed by atoms with Gasteiger partial charge in [-0.2, -0.15) is 9.36 Å². The molecule has 1 amide bonds. The van der Waals surface area contributed by atoms with Gasteiger partial charge in [0, 0.05) is 49.4 Å². The number of methoxy groups -OCH3 is 1. The maximum absolute atomic E-state index is 13.0. The number of amides is 1. The average Bonchev–Trinajstić information content (AvgIpc) is 3.49. The van der Waals surface area contributed by atoms with E-state index in [1.165, 1.54) is 11.5 Å². The van der Waals surface area contributed by atoms with E-state index in [1.807, 2.05) is 35.2 Å². The summed E-state index contributed by atoms with van der Waals surface area (Å²) in [6.45, 7) is 2.42. The number of carbonyl (C=O) groups excluding carboxylic acids is 1. The van der Waals surface area contributed by atoms with Gasteiger partial charge in [0.15, 0.2) is 23.1 Å². The summed E-state index contributed by atoms with van der Waals surface area (Å²) in [6, 6.07) is 15.2. The molecule has 2 aliphatic rings. The number of likely N-dealkylation sites (tertiary alicyclic amines) is 1. The number of nitrogens with zero attached hydrogens (tertiary/aromatic N) is 3. The Morgan fingerprint density at radius 1 is 1.09 bits per heavy atom. The second-order valence-electron chi connectivity index (χ2n) is 8.01. The van der Waals surface area contributed by atoms with Gasteiger partial charge in [-0.25, -0.2) is 0 Å². The Labute approximate surface area is 196 Å². The van der Waals surface area contributed by atoms with Gasteiger partial charge in [-0.05, 0) is 23.8 Å². The van der Waals surface area contributed by atoms with E-state index in [9.17, 15) is 4.79 Å². The fourth-order valence-corrected chi connectivity index (χ4v) is 4.69. The molecule has 2 saturated heterocycles. The topological polar surface area (TPSA) is 83.0 Å². The molecular formula is C24H25N3O5S. The van der Waals surface area contributed by atoms with Crippen LogP contribution in [-0.2, 0) is 15.9 Å². The van der Waals surface area contributed by atoms with E-state index in [0.29, 0.717) is 73.6 Å². The van der Waals surface area contributed by atoms with Crippen LogP contribution in [0.3, 0.4) is 0 Å². The lowest BCUT2D eigenvalue weighted by Crippen LogP contribution is -2.47. The summed E-state index contributed by atoms with van der Waals surface area (Å²) in [5, 5.41) is 0.427. The molecule has 5 rings (SSSR count). The zero-order chi connectivity index (χ0) is 22.7. The molecule has 0 atom stereocenters. The van der Waals surface area contributed by atoms with Crippen molar-refractivity contribution in [3.63, 3.8) is 0 Å². The SMILES string of the molecule is COc1cc(C(=O)N2CCC3(CC2)OCCO3)ccc1Oc1nc(Cc2ccccc2)ns1. The number of rotatable bonds is 6. The molecule has 0 bridgehead atoms. The van der Waals surface area contributed by atoms with Crippen molar-refractivity contribution in [2.75, 3.05) is 33.4 Å². The maximum atomic E-state index is 13.0. The van der Waals surface area contributed by atoms with E-state index >= 15 is 0 Å². The predicted molar refractivity (Wildman–Crippen MR) is 122 cm³/mol. The number of carbonyl (C=O) groups is 1. The molecule has 0 N–H and O–H groups in total. The van der Waals surface area contributed by atoms with Crippen molar-refractivity contribution >= 4 is 17.4 Å². The number of hydrogen-bond acceptors (Lipinski definition) is 8. The fourth-order valence-electron chi connectivity index (χ4n) is 4.13. The minimum Gasteiger partial charge on any atom is -0.493 e. The molecule has 9 heteroatoms. The second-order valence-corrected chi connectivity index (χ2v) is 8.72. The average molecular weight is 468 g/mol. The summed E-state index contributed by atoms with van der Waals surface area (Å²) in [5.41, 5.74) is 1.68. The van der Waals surface area contributed by atoms with E-state index < -0.39 is 5.79 Å². The minimum absolute atomic E-state index is 0.0474. The van der Waals surface area contributed by atoms with Crippen LogP contribution in [-0.4, -0.2) is 59.4 Å². The molecule has 0 unspecified atom stereocenters. The van der Waals surface area contributed by atoms with Crippen molar-refractivity contribution in [1.29, 1.82) is 0 Å². The minimum atomic E-state index is -0.507. The molecule has 0 aliphatic carbocycles. The van der Waals surface area contributed by atoms with Gasteiger partial charge < -0.3 is 23.8 Å². The molecule has 8 nitrogen and oxygen atoms in total. The van der Waals surface area contributed by atoms with Crippen molar-refractivity contribution in [2.24, 2.45) is 0 Å². The van der Waals surface area contributed by atoms with Gasteiger partial charge in [0.1, 0.15) is 0 Å². The highest BCUT2D eigenvalue weighted by Crippen LogP contribution is 2.35. The third-order valence-corrected chi connectivity index (χ3v) is 6.52. The molecule has 172 valence electrons. The lowest BCUT2D eigenvalue weighted by Gasteiger charge is -2.37. The van der Waals surface area contributed by atoms with Gasteiger partial charge in [0.25, 0.3) is 11.1 Å². The van der Waals surface area contributed by atoms with Crippen molar-refractivity contribution in [3.8, 4) is 16.7 Å². The van der Waals surface area contributed by atoms with Gasteiger partial charge in [0.2, 0.25) is 0 Å². The van der Waals surface area contributed by atoms with Crippen LogP contribution in [0.15, 0.2) is 48.5 Å². The van der Waals surface area contributed by atoms with E-state index in [4.69, 9.17) is 18.9 Å². The Bertz CT molecular complexity index is 1100. The van der Waals surface area contributed by atoms with Gasteiger partial charge in [-0.3, -0.25) is 4.79 Å². The van der Waals surface area contributed by atoms with Crippen LogP contribution >= 0.6 is 11.5 Å². The summed E-state index contributed by atoms with van der Waals surface area (Å²) in [6.07, 6.45) is 2.00. The van der Waals surface area contributed by atoms with Crippen LogP contribution in [0.5, 0.6) is 16.7 Å². The summed E-state index contributed by atoms with van der Waals surface area (Å²) in [5.74, 6) is 1.10. The third kappa shape index (κ3) is 4.85. The first-order chi connectivity index (χ1) is 16.1. The highest BCUT2D eigenvalue weighted by Gasteiger charge is 2.40. The Morgan fingerprint density at radius 3 is 2.58 bits per heavy atom. The summed E-state index contributed by atoms with van der Waals surface area (Å²) < 4.78 is 27.3. The standard InChI is InChI=1S/C24H25N3O5S/c1-29-20-16-18(22(28)27-11-9-24(10-12-27)30-13-14-31-24)7-8-19(20)32-23-25-21(26-33-23)15-17-5-3-2-4-6-17/h2-8,16H,9-15H2,1H3. The first kappa shape index (κ1) is 21.8. The molecule has 2 aliphatic heterocycles. The third-order valence-electron chi connectivity index (χ3n) is 5.89. The van der Waals surface area contributed by atoms with Crippen LogP contribution < -0.4 is 9.47 Å². The van der Waals surface area contributed by atoms with E-state index in [2.05, 4.69) is 9.36 Å². The van der Waals surface area contributed by atoms with Gasteiger partial charge in [-0.1, -0.05) is 30.3 Å². The predicted octanol–water partition coefficient (Wildman–Crippen LogP) is 3.91. The Morgan fingerprint density at radius 2 is 1.85 bits per heavy atom. The largest absolute Gasteiger partial charge is 0.493 e. The molecule has 33 heavy (non-hydrogen) atoms. The monoisotopic (exact) mass is 467 g/mol. The van der Waals surface area contributed by atoms with Crippen LogP contribution in [0.2, 0.25) is 0 Å². The van der Waals surface area contributed by atoms with Gasteiger partial charge >= 0.3 is 0 Å². The zero-order valence-electron chi connectivity index (χ0n) is 18.4.